The Balaban J connectivity index is 1.43. The van der Waals surface area contributed by atoms with Crippen molar-refractivity contribution in [3.63, 3.8) is 0 Å². The van der Waals surface area contributed by atoms with Crippen LogP contribution in [-0.2, 0) is 29.2 Å². The summed E-state index contributed by atoms with van der Waals surface area (Å²) < 4.78 is 12.9. The van der Waals surface area contributed by atoms with Crippen LogP contribution in [0.15, 0.2) is 83.5 Å². The number of para-hydroxylation sites is 1. The minimum absolute atomic E-state index is 0.0959. The Labute approximate surface area is 246 Å². The molecule has 0 fully saturated rings. The third-order valence-corrected chi connectivity index (χ3v) is 6.19. The number of rotatable bonds is 9. The Kier molecular flexibility index (Phi) is 9.51. The Hall–Kier alpha value is -4.51. The number of carbonyl (C=O) groups excluding carboxylic acids is 3. The number of alkyl carbamates (subject to hydrolysis) is 1. The van der Waals surface area contributed by atoms with Crippen LogP contribution in [0.5, 0.6) is 0 Å². The minimum atomic E-state index is -0.618. The summed E-state index contributed by atoms with van der Waals surface area (Å²) in [5.74, 6) is -0.856. The van der Waals surface area contributed by atoms with Crippen molar-refractivity contribution in [3.05, 3.63) is 111 Å². The van der Waals surface area contributed by atoms with E-state index < -0.39 is 17.7 Å². The van der Waals surface area contributed by atoms with Crippen LogP contribution >= 0.6 is 15.9 Å². The molecule has 0 aliphatic carbocycles. The maximum Gasteiger partial charge on any atom is 0.407 e. The van der Waals surface area contributed by atoms with Gasteiger partial charge in [-0.1, -0.05) is 69.7 Å². The molecule has 4 aromatic rings. The number of nitrogens with one attached hydrogen (secondary N) is 2. The molecule has 1 heterocycles. The van der Waals surface area contributed by atoms with Crippen molar-refractivity contribution in [2.45, 2.75) is 46.1 Å². The zero-order valence-corrected chi connectivity index (χ0v) is 24.5. The van der Waals surface area contributed by atoms with Gasteiger partial charge in [-0.25, -0.2) is 14.3 Å². The number of hydrogen-bond donors (Lipinski definition) is 2. The van der Waals surface area contributed by atoms with Gasteiger partial charge in [-0.15, -0.1) is 5.10 Å². The van der Waals surface area contributed by atoms with E-state index in [1.54, 1.807) is 69.4 Å². The van der Waals surface area contributed by atoms with Crippen LogP contribution in [-0.4, -0.2) is 38.6 Å². The fourth-order valence-corrected chi connectivity index (χ4v) is 4.17. The van der Waals surface area contributed by atoms with Gasteiger partial charge in [0.05, 0.1) is 29.6 Å². The van der Waals surface area contributed by atoms with E-state index in [2.05, 4.69) is 36.9 Å². The van der Waals surface area contributed by atoms with Gasteiger partial charge in [-0.05, 0) is 56.2 Å². The molecule has 0 saturated carbocycles. The molecule has 0 unspecified atom stereocenters. The minimum Gasteiger partial charge on any atom is -0.457 e. The van der Waals surface area contributed by atoms with Crippen molar-refractivity contribution in [1.82, 2.24) is 25.6 Å². The second-order valence-corrected chi connectivity index (χ2v) is 11.0. The van der Waals surface area contributed by atoms with Gasteiger partial charge in [0.25, 0.3) is 5.91 Å². The molecule has 0 spiro atoms. The molecule has 0 aliphatic heterocycles. The number of benzene rings is 3. The molecule has 2 amide bonds. The molecule has 41 heavy (non-hydrogen) atoms. The molecule has 1 aromatic heterocycles. The van der Waals surface area contributed by atoms with Crippen molar-refractivity contribution in [3.8, 4) is 5.69 Å². The predicted octanol–water partition coefficient (Wildman–Crippen LogP) is 5.34. The second kappa shape index (κ2) is 13.2. The first-order chi connectivity index (χ1) is 19.6. The fraction of sp³-hybridized carbons (Fsp3) is 0.233. The van der Waals surface area contributed by atoms with E-state index in [0.717, 1.165) is 5.56 Å². The van der Waals surface area contributed by atoms with E-state index in [-0.39, 0.29) is 25.6 Å². The Bertz CT molecular complexity index is 1530. The summed E-state index contributed by atoms with van der Waals surface area (Å²) in [7, 11) is 0. The first kappa shape index (κ1) is 29.5. The highest BCUT2D eigenvalue weighted by Gasteiger charge is 2.19. The summed E-state index contributed by atoms with van der Waals surface area (Å²) in [5.41, 5.74) is 2.55. The molecular formula is C30H30BrN5O5. The fourth-order valence-electron chi connectivity index (χ4n) is 3.80. The summed E-state index contributed by atoms with van der Waals surface area (Å²) >= 11 is 3.41. The molecule has 10 nitrogen and oxygen atoms in total. The first-order valence-corrected chi connectivity index (χ1v) is 13.6. The van der Waals surface area contributed by atoms with Crippen molar-refractivity contribution in [2.75, 3.05) is 0 Å². The summed E-state index contributed by atoms with van der Waals surface area (Å²) in [6.45, 7) is 5.67. The van der Waals surface area contributed by atoms with Crippen LogP contribution in [0.25, 0.3) is 5.69 Å². The van der Waals surface area contributed by atoms with Gasteiger partial charge >= 0.3 is 12.1 Å². The summed E-state index contributed by atoms with van der Waals surface area (Å²) in [6.07, 6.45) is 1.06. The molecule has 4 rings (SSSR count). The number of nitrogens with zero attached hydrogens (tertiary/aromatic N) is 3. The smallest absolute Gasteiger partial charge is 0.407 e. The number of aromatic nitrogens is 3. The van der Waals surface area contributed by atoms with E-state index in [9.17, 15) is 14.4 Å². The summed E-state index contributed by atoms with van der Waals surface area (Å²) in [6, 6.07) is 21.6. The Morgan fingerprint density at radius 1 is 0.902 bits per heavy atom. The molecule has 2 N–H and O–H groups in total. The SMILES string of the molecule is CC(C)(C)OC(=O)NCc1cn(-c2ccccc2C(=O)NCc2ccc(Br)cc2C(=O)OCc2ccccc2)nn1. The van der Waals surface area contributed by atoms with Crippen LogP contribution in [0, 0.1) is 0 Å². The van der Waals surface area contributed by atoms with Gasteiger partial charge in [0.1, 0.15) is 17.9 Å². The van der Waals surface area contributed by atoms with Crippen LogP contribution in [0.4, 0.5) is 4.79 Å². The number of carbonyl (C=O) groups is 3. The van der Waals surface area contributed by atoms with Gasteiger partial charge in [0, 0.05) is 11.0 Å². The lowest BCUT2D eigenvalue weighted by molar-refractivity contribution is 0.0469. The first-order valence-electron chi connectivity index (χ1n) is 12.8. The molecule has 0 atom stereocenters. The van der Waals surface area contributed by atoms with Gasteiger partial charge in [0.2, 0.25) is 0 Å². The van der Waals surface area contributed by atoms with E-state index in [1.165, 1.54) is 4.68 Å². The number of halogens is 1. The van der Waals surface area contributed by atoms with E-state index in [0.29, 0.717) is 32.5 Å². The lowest BCUT2D eigenvalue weighted by Gasteiger charge is -2.19. The largest absolute Gasteiger partial charge is 0.457 e. The molecule has 0 radical (unpaired) electrons. The number of ether oxygens (including phenoxy) is 2. The maximum atomic E-state index is 13.3. The monoisotopic (exact) mass is 619 g/mol. The molecule has 0 aliphatic rings. The third-order valence-electron chi connectivity index (χ3n) is 5.69. The number of amides is 2. The molecule has 0 saturated heterocycles. The quantitative estimate of drug-likeness (QED) is 0.242. The number of hydrogen-bond acceptors (Lipinski definition) is 7. The maximum absolute atomic E-state index is 13.3. The molecule has 212 valence electrons. The summed E-state index contributed by atoms with van der Waals surface area (Å²) in [4.78, 5) is 38.1. The van der Waals surface area contributed by atoms with E-state index in [4.69, 9.17) is 9.47 Å². The molecular weight excluding hydrogens is 590 g/mol. The zero-order chi connectivity index (χ0) is 29.4. The highest BCUT2D eigenvalue weighted by Crippen LogP contribution is 2.20. The average molecular weight is 621 g/mol. The van der Waals surface area contributed by atoms with E-state index in [1.807, 2.05) is 30.3 Å². The van der Waals surface area contributed by atoms with Gasteiger partial charge in [-0.2, -0.15) is 0 Å². The Morgan fingerprint density at radius 2 is 1.63 bits per heavy atom. The van der Waals surface area contributed by atoms with Gasteiger partial charge in [0.15, 0.2) is 0 Å². The van der Waals surface area contributed by atoms with Gasteiger partial charge < -0.3 is 20.1 Å². The van der Waals surface area contributed by atoms with Crippen molar-refractivity contribution in [2.24, 2.45) is 0 Å². The number of esters is 1. The molecule has 3 aromatic carbocycles. The highest BCUT2D eigenvalue weighted by atomic mass is 79.9. The van der Waals surface area contributed by atoms with Crippen LogP contribution in [0.1, 0.15) is 58.3 Å². The molecule has 0 bridgehead atoms. The zero-order valence-electron chi connectivity index (χ0n) is 22.9. The predicted molar refractivity (Wildman–Crippen MR) is 155 cm³/mol. The average Bonchev–Trinajstić information content (AvgIpc) is 3.42. The van der Waals surface area contributed by atoms with Gasteiger partial charge in [-0.3, -0.25) is 4.79 Å². The highest BCUT2D eigenvalue weighted by molar-refractivity contribution is 9.10. The normalized spacial score (nSPS) is 11.0. The van der Waals surface area contributed by atoms with Crippen LogP contribution in [0.2, 0.25) is 0 Å². The lowest BCUT2D eigenvalue weighted by Crippen LogP contribution is -2.32. The summed E-state index contributed by atoms with van der Waals surface area (Å²) in [5, 5.41) is 13.7. The van der Waals surface area contributed by atoms with Crippen LogP contribution in [0.3, 0.4) is 0 Å². The topological polar surface area (TPSA) is 124 Å². The standard InChI is InChI=1S/C30H30BrN5O5/c1-30(2,3)41-29(39)33-17-23-18-36(35-34-23)26-12-8-7-11-24(26)27(37)32-16-21-13-14-22(31)15-25(21)28(38)40-19-20-9-5-4-6-10-20/h4-15,18H,16-17,19H2,1-3H3,(H,32,37)(H,33,39). The van der Waals surface area contributed by atoms with Crippen molar-refractivity contribution < 1.29 is 23.9 Å². The second-order valence-electron chi connectivity index (χ2n) is 10.1. The van der Waals surface area contributed by atoms with Crippen molar-refractivity contribution in [1.29, 1.82) is 0 Å². The lowest BCUT2D eigenvalue weighted by atomic mass is 10.1. The van der Waals surface area contributed by atoms with E-state index >= 15 is 0 Å². The van der Waals surface area contributed by atoms with Crippen molar-refractivity contribution >= 4 is 33.9 Å². The third kappa shape index (κ3) is 8.49. The molecule has 11 heteroatoms. The van der Waals surface area contributed by atoms with Crippen LogP contribution < -0.4 is 10.6 Å². The Morgan fingerprint density at radius 3 is 2.39 bits per heavy atom.